The van der Waals surface area contributed by atoms with Gasteiger partial charge in [-0.15, -0.1) is 0 Å². The van der Waals surface area contributed by atoms with Crippen LogP contribution in [0.1, 0.15) is 32.1 Å². The van der Waals surface area contributed by atoms with E-state index < -0.39 is 6.29 Å². The molecule has 0 N–H and O–H groups in total. The summed E-state index contributed by atoms with van der Waals surface area (Å²) in [5.41, 5.74) is 0. The second kappa shape index (κ2) is 9.15. The van der Waals surface area contributed by atoms with Crippen molar-refractivity contribution in [2.75, 3.05) is 35.0 Å². The Morgan fingerprint density at radius 2 is 1.45 bits per heavy atom. The van der Waals surface area contributed by atoms with E-state index in [1.165, 1.54) is 19.3 Å². The lowest BCUT2D eigenvalue weighted by Gasteiger charge is -2.45. The molecule has 1 saturated heterocycles. The fourth-order valence-corrected chi connectivity index (χ4v) is 3.48. The lowest BCUT2D eigenvalue weighted by molar-refractivity contribution is -0.323. The molecule has 0 unspecified atom stereocenters. The summed E-state index contributed by atoms with van der Waals surface area (Å²) in [6, 6.07) is 0. The average Bonchev–Trinajstić information content (AvgIpc) is 2.55. The van der Waals surface area contributed by atoms with Gasteiger partial charge in [-0.25, -0.2) is 0 Å². The van der Waals surface area contributed by atoms with Crippen molar-refractivity contribution in [3.8, 4) is 0 Å². The number of rotatable bonds is 7. The Labute approximate surface area is 133 Å². The summed E-state index contributed by atoms with van der Waals surface area (Å²) >= 11 is 0. The number of ether oxygens (including phenoxy) is 6. The third kappa shape index (κ3) is 4.19. The van der Waals surface area contributed by atoms with Crippen LogP contribution in [-0.4, -0.2) is 71.9 Å². The Balaban J connectivity index is 2.08. The molecule has 5 atom stereocenters. The molecular formula is C16H30O6. The molecule has 2 fully saturated rings. The van der Waals surface area contributed by atoms with Crippen molar-refractivity contribution in [3.05, 3.63) is 0 Å². The van der Waals surface area contributed by atoms with Crippen molar-refractivity contribution in [1.82, 2.24) is 0 Å². The summed E-state index contributed by atoms with van der Waals surface area (Å²) in [5, 5.41) is 0. The van der Waals surface area contributed by atoms with Crippen molar-refractivity contribution in [1.29, 1.82) is 0 Å². The Bertz CT molecular complexity index is 307. The predicted octanol–water partition coefficient (Wildman–Crippen LogP) is 1.75. The molecule has 22 heavy (non-hydrogen) atoms. The Morgan fingerprint density at radius 3 is 2.00 bits per heavy atom. The van der Waals surface area contributed by atoms with Gasteiger partial charge >= 0.3 is 0 Å². The van der Waals surface area contributed by atoms with E-state index in [0.717, 1.165) is 12.8 Å². The van der Waals surface area contributed by atoms with E-state index in [4.69, 9.17) is 28.4 Å². The lowest BCUT2D eigenvalue weighted by atomic mass is 9.96. The first-order chi connectivity index (χ1) is 10.7. The van der Waals surface area contributed by atoms with Gasteiger partial charge in [0.25, 0.3) is 0 Å². The molecule has 1 heterocycles. The van der Waals surface area contributed by atoms with E-state index in [1.807, 2.05) is 0 Å². The van der Waals surface area contributed by atoms with Crippen LogP contribution in [0.15, 0.2) is 0 Å². The minimum absolute atomic E-state index is 0.233. The van der Waals surface area contributed by atoms with Crippen LogP contribution in [0.25, 0.3) is 0 Å². The van der Waals surface area contributed by atoms with Gasteiger partial charge in [0.2, 0.25) is 0 Å². The van der Waals surface area contributed by atoms with Crippen LogP contribution < -0.4 is 0 Å². The first-order valence-corrected chi connectivity index (χ1v) is 8.13. The van der Waals surface area contributed by atoms with Crippen molar-refractivity contribution in [2.45, 2.75) is 68.9 Å². The Morgan fingerprint density at radius 1 is 0.818 bits per heavy atom. The molecule has 6 nitrogen and oxygen atoms in total. The van der Waals surface area contributed by atoms with Crippen LogP contribution in [0.4, 0.5) is 0 Å². The van der Waals surface area contributed by atoms with E-state index in [-0.39, 0.29) is 30.5 Å². The summed E-state index contributed by atoms with van der Waals surface area (Å²) in [5.74, 6) is 0. The van der Waals surface area contributed by atoms with E-state index in [0.29, 0.717) is 6.61 Å². The highest BCUT2D eigenvalue weighted by molar-refractivity contribution is 4.92. The summed E-state index contributed by atoms with van der Waals surface area (Å²) in [6.45, 7) is 0.430. The molecular weight excluding hydrogens is 288 g/mol. The highest BCUT2D eigenvalue weighted by atomic mass is 16.7. The maximum atomic E-state index is 6.20. The van der Waals surface area contributed by atoms with Crippen LogP contribution in [0, 0.1) is 0 Å². The Hall–Kier alpha value is -0.240. The van der Waals surface area contributed by atoms with Gasteiger partial charge in [0.1, 0.15) is 24.4 Å². The number of hydrogen-bond acceptors (Lipinski definition) is 6. The summed E-state index contributed by atoms with van der Waals surface area (Å²) in [4.78, 5) is 0. The second-order valence-electron chi connectivity index (χ2n) is 6.00. The molecule has 1 saturated carbocycles. The first kappa shape index (κ1) is 18.1. The standard InChI is InChI=1S/C16H30O6/c1-17-10-12-13(18-2)14(19-3)15(20-4)16(22-12)21-11-8-6-5-7-9-11/h11-16H,5-10H2,1-4H3/t12-,13+,14+,15-,16-/m1/s1. The second-order valence-corrected chi connectivity index (χ2v) is 6.00. The molecule has 130 valence electrons. The molecule has 0 aromatic rings. The summed E-state index contributed by atoms with van der Waals surface area (Å²) in [7, 11) is 6.62. The highest BCUT2D eigenvalue weighted by Gasteiger charge is 2.48. The van der Waals surface area contributed by atoms with Gasteiger partial charge in [0, 0.05) is 28.4 Å². The average molecular weight is 318 g/mol. The zero-order valence-electron chi connectivity index (χ0n) is 14.2. The Kier molecular flexibility index (Phi) is 7.53. The van der Waals surface area contributed by atoms with Gasteiger partial charge in [-0.3, -0.25) is 0 Å². The quantitative estimate of drug-likeness (QED) is 0.713. The lowest BCUT2D eigenvalue weighted by Crippen LogP contribution is -2.61. The summed E-state index contributed by atoms with van der Waals surface area (Å²) in [6.07, 6.45) is 4.60. The number of methoxy groups -OCH3 is 4. The molecule has 1 aliphatic carbocycles. The van der Waals surface area contributed by atoms with Crippen LogP contribution >= 0.6 is 0 Å². The van der Waals surface area contributed by atoms with E-state index in [2.05, 4.69) is 0 Å². The van der Waals surface area contributed by atoms with E-state index in [9.17, 15) is 0 Å². The molecule has 0 aromatic carbocycles. The maximum absolute atomic E-state index is 6.20. The zero-order chi connectivity index (χ0) is 15.9. The van der Waals surface area contributed by atoms with Gasteiger partial charge in [-0.1, -0.05) is 19.3 Å². The molecule has 0 aromatic heterocycles. The van der Waals surface area contributed by atoms with Crippen LogP contribution in [0.2, 0.25) is 0 Å². The summed E-state index contributed by atoms with van der Waals surface area (Å²) < 4.78 is 34.4. The number of hydrogen-bond donors (Lipinski definition) is 0. The van der Waals surface area contributed by atoms with Crippen molar-refractivity contribution >= 4 is 0 Å². The van der Waals surface area contributed by atoms with Gasteiger partial charge in [0.15, 0.2) is 6.29 Å². The third-order valence-corrected chi connectivity index (χ3v) is 4.62. The molecule has 2 rings (SSSR count). The van der Waals surface area contributed by atoms with Crippen molar-refractivity contribution < 1.29 is 28.4 Å². The van der Waals surface area contributed by atoms with Crippen LogP contribution in [0.5, 0.6) is 0 Å². The maximum Gasteiger partial charge on any atom is 0.187 e. The smallest absolute Gasteiger partial charge is 0.187 e. The third-order valence-electron chi connectivity index (χ3n) is 4.62. The van der Waals surface area contributed by atoms with Crippen molar-refractivity contribution in [3.63, 3.8) is 0 Å². The molecule has 0 spiro atoms. The highest BCUT2D eigenvalue weighted by Crippen LogP contribution is 2.31. The normalized spacial score (nSPS) is 37.4. The van der Waals surface area contributed by atoms with E-state index in [1.54, 1.807) is 28.4 Å². The van der Waals surface area contributed by atoms with Gasteiger partial charge in [-0.2, -0.15) is 0 Å². The van der Waals surface area contributed by atoms with Gasteiger partial charge in [-0.05, 0) is 12.8 Å². The first-order valence-electron chi connectivity index (χ1n) is 8.13. The van der Waals surface area contributed by atoms with Crippen molar-refractivity contribution in [2.24, 2.45) is 0 Å². The molecule has 0 radical (unpaired) electrons. The van der Waals surface area contributed by atoms with Gasteiger partial charge < -0.3 is 28.4 Å². The monoisotopic (exact) mass is 318 g/mol. The molecule has 6 heteroatoms. The minimum Gasteiger partial charge on any atom is -0.382 e. The fraction of sp³-hybridized carbons (Fsp3) is 1.00. The zero-order valence-corrected chi connectivity index (χ0v) is 14.2. The molecule has 0 amide bonds. The fourth-order valence-electron chi connectivity index (χ4n) is 3.48. The van der Waals surface area contributed by atoms with Crippen LogP contribution in [0.3, 0.4) is 0 Å². The predicted molar refractivity (Wildman–Crippen MR) is 80.9 cm³/mol. The largest absolute Gasteiger partial charge is 0.382 e. The molecule has 1 aliphatic heterocycles. The van der Waals surface area contributed by atoms with Crippen LogP contribution in [-0.2, 0) is 28.4 Å². The molecule has 0 bridgehead atoms. The topological polar surface area (TPSA) is 55.4 Å². The van der Waals surface area contributed by atoms with Gasteiger partial charge in [0.05, 0.1) is 12.7 Å². The molecule has 2 aliphatic rings. The van der Waals surface area contributed by atoms with E-state index >= 15 is 0 Å². The minimum atomic E-state index is -0.454. The SMILES string of the molecule is COC[C@H]1O[C@@H](OC2CCCCC2)[C@H](OC)[C@@H](OC)[C@H]1OC.